The molecule has 1 aromatic carbocycles. The molecule has 3 rings (SSSR count). The Morgan fingerprint density at radius 3 is 2.54 bits per heavy atom. The largest absolute Gasteiger partial charge is 0.421 e. The zero-order valence-electron chi connectivity index (χ0n) is 14.1. The molecular formula is C19H19F3N2O2. The molecule has 1 aromatic heterocycles. The van der Waals surface area contributed by atoms with Crippen LogP contribution in [-0.2, 0) is 23.9 Å². The minimum absolute atomic E-state index is 0.00593. The SMILES string of the molecule is O=C(Cn1cccc(C(F)(F)F)c1=O)N1CCCC1Cc1ccccc1. The normalized spacial score (nSPS) is 17.5. The van der Waals surface area contributed by atoms with E-state index in [1.54, 1.807) is 4.90 Å². The summed E-state index contributed by atoms with van der Waals surface area (Å²) in [6, 6.07) is 11.6. The number of halogens is 3. The molecule has 0 radical (unpaired) electrons. The molecule has 1 atom stereocenters. The minimum atomic E-state index is -4.73. The lowest BCUT2D eigenvalue weighted by Gasteiger charge is -2.25. The molecule has 138 valence electrons. The lowest BCUT2D eigenvalue weighted by atomic mass is 10.0. The third-order valence-corrected chi connectivity index (χ3v) is 4.64. The van der Waals surface area contributed by atoms with E-state index in [0.29, 0.717) is 13.0 Å². The van der Waals surface area contributed by atoms with Gasteiger partial charge in [0.05, 0.1) is 0 Å². The van der Waals surface area contributed by atoms with Crippen LogP contribution >= 0.6 is 0 Å². The highest BCUT2D eigenvalue weighted by Crippen LogP contribution is 2.26. The highest BCUT2D eigenvalue weighted by atomic mass is 19.4. The quantitative estimate of drug-likeness (QED) is 0.837. The molecule has 1 saturated heterocycles. The number of hydrogen-bond acceptors (Lipinski definition) is 2. The summed E-state index contributed by atoms with van der Waals surface area (Å²) in [5.41, 5.74) is -1.34. The topological polar surface area (TPSA) is 42.3 Å². The van der Waals surface area contributed by atoms with Crippen molar-refractivity contribution < 1.29 is 18.0 Å². The second-order valence-corrected chi connectivity index (χ2v) is 6.43. The van der Waals surface area contributed by atoms with Gasteiger partial charge in [-0.2, -0.15) is 13.2 Å². The standard InChI is InChI=1S/C19H19F3N2O2/c20-19(21,22)16-9-5-10-23(18(16)26)13-17(25)24-11-4-8-15(24)12-14-6-2-1-3-7-14/h1-3,5-7,9-10,15H,4,8,11-13H2. The number of hydrogen-bond donors (Lipinski definition) is 0. The van der Waals surface area contributed by atoms with E-state index in [9.17, 15) is 22.8 Å². The molecule has 1 aliphatic heterocycles. The van der Waals surface area contributed by atoms with Crippen LogP contribution in [0.1, 0.15) is 24.0 Å². The lowest BCUT2D eigenvalue weighted by Crippen LogP contribution is -2.41. The lowest BCUT2D eigenvalue weighted by molar-refractivity contribution is -0.139. The van der Waals surface area contributed by atoms with E-state index in [0.717, 1.165) is 35.1 Å². The summed E-state index contributed by atoms with van der Waals surface area (Å²) < 4.78 is 39.4. The summed E-state index contributed by atoms with van der Waals surface area (Å²) in [4.78, 5) is 26.3. The van der Waals surface area contributed by atoms with Crippen molar-refractivity contribution in [2.75, 3.05) is 6.54 Å². The minimum Gasteiger partial charge on any atom is -0.338 e. The van der Waals surface area contributed by atoms with Crippen molar-refractivity contribution in [2.24, 2.45) is 0 Å². The van der Waals surface area contributed by atoms with E-state index >= 15 is 0 Å². The first-order chi connectivity index (χ1) is 12.4. The van der Waals surface area contributed by atoms with Gasteiger partial charge in [-0.05, 0) is 37.0 Å². The molecule has 0 spiro atoms. The maximum atomic E-state index is 12.9. The van der Waals surface area contributed by atoms with E-state index in [1.807, 2.05) is 30.3 Å². The Balaban J connectivity index is 1.74. The van der Waals surface area contributed by atoms with Gasteiger partial charge in [0.25, 0.3) is 5.56 Å². The number of likely N-dealkylation sites (tertiary alicyclic amines) is 1. The average Bonchev–Trinajstić information content (AvgIpc) is 3.05. The van der Waals surface area contributed by atoms with Gasteiger partial charge in [-0.25, -0.2) is 0 Å². The third kappa shape index (κ3) is 3.98. The van der Waals surface area contributed by atoms with Crippen LogP contribution in [-0.4, -0.2) is 28.0 Å². The summed E-state index contributed by atoms with van der Waals surface area (Å²) in [6.45, 7) is 0.179. The second kappa shape index (κ2) is 7.35. The van der Waals surface area contributed by atoms with E-state index in [-0.39, 0.29) is 18.5 Å². The Hall–Kier alpha value is -2.57. The highest BCUT2D eigenvalue weighted by Gasteiger charge is 2.35. The molecule has 0 bridgehead atoms. The monoisotopic (exact) mass is 364 g/mol. The molecule has 2 heterocycles. The van der Waals surface area contributed by atoms with Crippen molar-refractivity contribution in [3.8, 4) is 0 Å². The van der Waals surface area contributed by atoms with E-state index in [2.05, 4.69) is 0 Å². The molecule has 0 aliphatic carbocycles. The van der Waals surface area contributed by atoms with Crippen LogP contribution in [0.2, 0.25) is 0 Å². The van der Waals surface area contributed by atoms with Gasteiger partial charge in [0.2, 0.25) is 5.91 Å². The second-order valence-electron chi connectivity index (χ2n) is 6.43. The smallest absolute Gasteiger partial charge is 0.338 e. The third-order valence-electron chi connectivity index (χ3n) is 4.64. The van der Waals surface area contributed by atoms with Gasteiger partial charge in [-0.3, -0.25) is 9.59 Å². The Bertz CT molecular complexity index is 831. The number of amides is 1. The number of nitrogens with zero attached hydrogens (tertiary/aromatic N) is 2. The predicted octanol–water partition coefficient (Wildman–Crippen LogP) is 3.10. The first-order valence-electron chi connectivity index (χ1n) is 8.46. The fraction of sp³-hybridized carbons (Fsp3) is 0.368. The van der Waals surface area contributed by atoms with Crippen LogP contribution < -0.4 is 5.56 Å². The fourth-order valence-corrected chi connectivity index (χ4v) is 3.38. The van der Waals surface area contributed by atoms with Gasteiger partial charge in [0.1, 0.15) is 12.1 Å². The number of alkyl halides is 3. The van der Waals surface area contributed by atoms with E-state index in [4.69, 9.17) is 0 Å². The van der Waals surface area contributed by atoms with Crippen molar-refractivity contribution in [2.45, 2.75) is 38.0 Å². The summed E-state index contributed by atoms with van der Waals surface area (Å²) in [5, 5.41) is 0. The first-order valence-corrected chi connectivity index (χ1v) is 8.46. The molecule has 1 amide bonds. The summed E-state index contributed by atoms with van der Waals surface area (Å²) in [7, 11) is 0. The Morgan fingerprint density at radius 1 is 1.12 bits per heavy atom. The molecule has 2 aromatic rings. The van der Waals surface area contributed by atoms with Crippen molar-refractivity contribution in [1.29, 1.82) is 0 Å². The number of carbonyl (C=O) groups is 1. The van der Waals surface area contributed by atoms with Crippen LogP contribution in [0.25, 0.3) is 0 Å². The maximum Gasteiger partial charge on any atom is 0.421 e. The van der Waals surface area contributed by atoms with Crippen molar-refractivity contribution in [3.05, 3.63) is 70.1 Å². The van der Waals surface area contributed by atoms with Gasteiger partial charge in [-0.1, -0.05) is 30.3 Å². The Labute approximate surface area is 148 Å². The van der Waals surface area contributed by atoms with Crippen LogP contribution in [0.5, 0.6) is 0 Å². The number of pyridine rings is 1. The molecule has 0 N–H and O–H groups in total. The molecular weight excluding hydrogens is 345 g/mol. The Morgan fingerprint density at radius 2 is 1.85 bits per heavy atom. The molecule has 26 heavy (non-hydrogen) atoms. The van der Waals surface area contributed by atoms with Gasteiger partial charge in [0, 0.05) is 18.8 Å². The van der Waals surface area contributed by atoms with Crippen molar-refractivity contribution in [3.63, 3.8) is 0 Å². The highest BCUT2D eigenvalue weighted by molar-refractivity contribution is 5.76. The van der Waals surface area contributed by atoms with E-state index < -0.39 is 17.3 Å². The van der Waals surface area contributed by atoms with Crippen molar-refractivity contribution >= 4 is 5.91 Å². The Kier molecular flexibility index (Phi) is 5.15. The van der Waals surface area contributed by atoms with Crippen LogP contribution in [0, 0.1) is 0 Å². The van der Waals surface area contributed by atoms with Gasteiger partial charge >= 0.3 is 6.18 Å². The molecule has 1 aliphatic rings. The van der Waals surface area contributed by atoms with Gasteiger partial charge in [-0.15, -0.1) is 0 Å². The first kappa shape index (κ1) is 18.2. The fourth-order valence-electron chi connectivity index (χ4n) is 3.38. The number of carbonyl (C=O) groups excluding carboxylic acids is 1. The van der Waals surface area contributed by atoms with Crippen LogP contribution in [0.3, 0.4) is 0 Å². The van der Waals surface area contributed by atoms with E-state index in [1.165, 1.54) is 6.20 Å². The average molecular weight is 364 g/mol. The molecule has 1 fully saturated rings. The van der Waals surface area contributed by atoms with Crippen LogP contribution in [0.15, 0.2) is 53.5 Å². The van der Waals surface area contributed by atoms with Gasteiger partial charge in [0.15, 0.2) is 0 Å². The number of aromatic nitrogens is 1. The number of benzene rings is 1. The maximum absolute atomic E-state index is 12.9. The van der Waals surface area contributed by atoms with Gasteiger partial charge < -0.3 is 9.47 Å². The summed E-state index contributed by atoms with van der Waals surface area (Å²) in [6.07, 6.45) is -1.12. The summed E-state index contributed by atoms with van der Waals surface area (Å²) in [5.74, 6) is -0.329. The number of rotatable bonds is 4. The predicted molar refractivity (Wildman–Crippen MR) is 90.6 cm³/mol. The molecule has 4 nitrogen and oxygen atoms in total. The molecule has 0 saturated carbocycles. The molecule has 7 heteroatoms. The van der Waals surface area contributed by atoms with Crippen molar-refractivity contribution in [1.82, 2.24) is 9.47 Å². The zero-order chi connectivity index (χ0) is 18.7. The summed E-state index contributed by atoms with van der Waals surface area (Å²) >= 11 is 0. The van der Waals surface area contributed by atoms with Crippen LogP contribution in [0.4, 0.5) is 13.2 Å². The molecule has 1 unspecified atom stereocenters. The zero-order valence-corrected chi connectivity index (χ0v) is 14.1.